The number of benzene rings is 1. The van der Waals surface area contributed by atoms with Crippen LogP contribution < -0.4 is 5.32 Å². The number of rotatable bonds is 7. The zero-order valence-electron chi connectivity index (χ0n) is 10.9. The lowest BCUT2D eigenvalue weighted by Gasteiger charge is -2.02. The van der Waals surface area contributed by atoms with Gasteiger partial charge in [-0.05, 0) is 24.8 Å². The van der Waals surface area contributed by atoms with Crippen molar-refractivity contribution in [3.63, 3.8) is 0 Å². The molecule has 2 aromatic rings. The van der Waals surface area contributed by atoms with Gasteiger partial charge in [-0.2, -0.15) is 4.98 Å². The van der Waals surface area contributed by atoms with E-state index in [1.807, 2.05) is 0 Å². The zero-order valence-corrected chi connectivity index (χ0v) is 10.9. The van der Waals surface area contributed by atoms with Crippen LogP contribution in [0.1, 0.15) is 12.8 Å². The number of nitro benzene ring substituents is 1. The molecule has 1 fully saturated rings. The predicted molar refractivity (Wildman–Crippen MR) is 72.7 cm³/mol. The highest BCUT2D eigenvalue weighted by Crippen LogP contribution is 2.29. The molecule has 0 spiro atoms. The topological polar surface area (TPSA) is 90.4 Å². The van der Waals surface area contributed by atoms with Gasteiger partial charge in [-0.3, -0.25) is 10.1 Å². The van der Waals surface area contributed by atoms with Gasteiger partial charge in [0.25, 0.3) is 11.7 Å². The molecular weight excluding hydrogens is 262 g/mol. The van der Waals surface area contributed by atoms with E-state index in [1.165, 1.54) is 18.9 Å². The van der Waals surface area contributed by atoms with Crippen molar-refractivity contribution in [1.29, 1.82) is 0 Å². The molecule has 0 bridgehead atoms. The number of fused-ring (bicyclic) bond motifs is 1. The summed E-state index contributed by atoms with van der Waals surface area (Å²) in [5, 5.41) is 13.8. The maximum absolute atomic E-state index is 10.9. The van der Waals surface area contributed by atoms with Gasteiger partial charge in [0.1, 0.15) is 0 Å². The van der Waals surface area contributed by atoms with Crippen molar-refractivity contribution in [2.75, 3.05) is 25.1 Å². The van der Waals surface area contributed by atoms with Crippen LogP contribution >= 0.6 is 0 Å². The van der Waals surface area contributed by atoms with Crippen molar-refractivity contribution in [3.8, 4) is 0 Å². The Morgan fingerprint density at radius 3 is 3.10 bits per heavy atom. The first-order valence-electron chi connectivity index (χ1n) is 6.59. The summed E-state index contributed by atoms with van der Waals surface area (Å²) in [6, 6.07) is 4.93. The average Bonchev–Trinajstić information content (AvgIpc) is 3.15. The Labute approximate surface area is 115 Å². The minimum atomic E-state index is -0.465. The third kappa shape index (κ3) is 2.88. The second-order valence-corrected chi connectivity index (χ2v) is 4.85. The number of hydrogen-bond donors (Lipinski definition) is 1. The fourth-order valence-electron chi connectivity index (χ4n) is 1.92. The molecule has 1 saturated carbocycles. The molecular formula is C13H15N3O4. The van der Waals surface area contributed by atoms with E-state index in [0.717, 1.165) is 12.5 Å². The van der Waals surface area contributed by atoms with E-state index in [1.54, 1.807) is 12.1 Å². The number of para-hydroxylation sites is 1. The van der Waals surface area contributed by atoms with E-state index in [0.29, 0.717) is 18.7 Å². The number of anilines is 1. The predicted octanol–water partition coefficient (Wildman–Crippen LogP) is 2.57. The van der Waals surface area contributed by atoms with Gasteiger partial charge in [-0.25, -0.2) is 0 Å². The van der Waals surface area contributed by atoms with Crippen molar-refractivity contribution in [3.05, 3.63) is 28.3 Å². The number of nitro groups is 1. The van der Waals surface area contributed by atoms with Gasteiger partial charge in [0, 0.05) is 19.2 Å². The minimum Gasteiger partial charge on any atom is -0.423 e. The molecule has 0 atom stereocenters. The van der Waals surface area contributed by atoms with E-state index in [4.69, 9.17) is 9.15 Å². The van der Waals surface area contributed by atoms with Crippen LogP contribution in [0.25, 0.3) is 11.1 Å². The first-order valence-corrected chi connectivity index (χ1v) is 6.59. The lowest BCUT2D eigenvalue weighted by Crippen LogP contribution is -2.10. The Balaban J connectivity index is 1.60. The summed E-state index contributed by atoms with van der Waals surface area (Å²) in [5.41, 5.74) is 0.615. The van der Waals surface area contributed by atoms with Gasteiger partial charge in [0.2, 0.25) is 0 Å². The van der Waals surface area contributed by atoms with Gasteiger partial charge >= 0.3 is 0 Å². The third-order valence-corrected chi connectivity index (χ3v) is 3.17. The van der Waals surface area contributed by atoms with Crippen LogP contribution in [0, 0.1) is 16.0 Å². The van der Waals surface area contributed by atoms with Crippen molar-refractivity contribution in [2.45, 2.75) is 12.8 Å². The van der Waals surface area contributed by atoms with E-state index in [9.17, 15) is 10.1 Å². The first kappa shape index (κ1) is 12.9. The summed E-state index contributed by atoms with van der Waals surface area (Å²) in [6.07, 6.45) is 2.53. The molecule has 0 saturated heterocycles. The van der Waals surface area contributed by atoms with Crippen molar-refractivity contribution in [2.24, 2.45) is 5.92 Å². The molecule has 3 rings (SSSR count). The fraction of sp³-hybridized carbons (Fsp3) is 0.462. The van der Waals surface area contributed by atoms with Crippen LogP contribution in [0.15, 0.2) is 22.6 Å². The highest BCUT2D eigenvalue weighted by Gasteiger charge is 2.21. The van der Waals surface area contributed by atoms with Crippen LogP contribution in [0.3, 0.4) is 0 Å². The standard InChI is InChI=1S/C13H15N3O4/c17-16(18)10-2-1-3-11-12(10)15-13(20-11)14-6-7-19-8-9-4-5-9/h1-3,9H,4-8H2,(H,14,15). The van der Waals surface area contributed by atoms with Gasteiger partial charge < -0.3 is 14.5 Å². The first-order chi connectivity index (χ1) is 9.74. The monoisotopic (exact) mass is 277 g/mol. The molecule has 0 amide bonds. The van der Waals surface area contributed by atoms with Crippen LogP contribution in [0.4, 0.5) is 11.7 Å². The SMILES string of the molecule is O=[N+]([O-])c1cccc2oc(NCCOCC3CC3)nc12. The van der Waals surface area contributed by atoms with Gasteiger partial charge in [0.15, 0.2) is 11.1 Å². The van der Waals surface area contributed by atoms with Crippen LogP contribution in [0.5, 0.6) is 0 Å². The average molecular weight is 277 g/mol. The molecule has 1 aromatic heterocycles. The summed E-state index contributed by atoms with van der Waals surface area (Å²) in [4.78, 5) is 14.5. The highest BCUT2D eigenvalue weighted by molar-refractivity contribution is 5.83. The van der Waals surface area contributed by atoms with Crippen molar-refractivity contribution in [1.82, 2.24) is 4.98 Å². The van der Waals surface area contributed by atoms with Gasteiger partial charge in [-0.15, -0.1) is 0 Å². The minimum absolute atomic E-state index is 0.0516. The normalized spacial score (nSPS) is 14.6. The summed E-state index contributed by atoms with van der Waals surface area (Å²) >= 11 is 0. The van der Waals surface area contributed by atoms with Crippen LogP contribution in [0.2, 0.25) is 0 Å². The van der Waals surface area contributed by atoms with Crippen LogP contribution in [-0.4, -0.2) is 29.7 Å². The Bertz CT molecular complexity index is 621. The van der Waals surface area contributed by atoms with E-state index < -0.39 is 4.92 Å². The zero-order chi connectivity index (χ0) is 13.9. The second kappa shape index (κ2) is 5.46. The van der Waals surface area contributed by atoms with E-state index in [-0.39, 0.29) is 17.2 Å². The number of nitrogens with zero attached hydrogens (tertiary/aromatic N) is 2. The summed E-state index contributed by atoms with van der Waals surface area (Å²) in [5.74, 6) is 0.738. The van der Waals surface area contributed by atoms with Crippen molar-refractivity contribution < 1.29 is 14.1 Å². The van der Waals surface area contributed by atoms with E-state index >= 15 is 0 Å². The third-order valence-electron chi connectivity index (χ3n) is 3.17. The lowest BCUT2D eigenvalue weighted by atomic mass is 10.3. The smallest absolute Gasteiger partial charge is 0.298 e. The lowest BCUT2D eigenvalue weighted by molar-refractivity contribution is -0.383. The number of aromatic nitrogens is 1. The molecule has 7 nitrogen and oxygen atoms in total. The molecule has 1 aliphatic rings. The van der Waals surface area contributed by atoms with E-state index in [2.05, 4.69) is 10.3 Å². The number of non-ortho nitro benzene ring substituents is 1. The summed E-state index contributed by atoms with van der Waals surface area (Å²) in [7, 11) is 0. The molecule has 1 aliphatic carbocycles. The number of nitrogens with one attached hydrogen (secondary N) is 1. The molecule has 106 valence electrons. The maximum atomic E-state index is 10.9. The van der Waals surface area contributed by atoms with Gasteiger partial charge in [-0.1, -0.05) is 6.07 Å². The molecule has 0 radical (unpaired) electrons. The molecule has 20 heavy (non-hydrogen) atoms. The fourth-order valence-corrected chi connectivity index (χ4v) is 1.92. The quantitative estimate of drug-likeness (QED) is 0.475. The molecule has 0 aliphatic heterocycles. The number of hydrogen-bond acceptors (Lipinski definition) is 6. The molecule has 1 N–H and O–H groups in total. The molecule has 1 heterocycles. The summed E-state index contributed by atoms with van der Waals surface area (Å²) < 4.78 is 10.9. The second-order valence-electron chi connectivity index (χ2n) is 4.85. The van der Waals surface area contributed by atoms with Crippen LogP contribution in [-0.2, 0) is 4.74 Å². The largest absolute Gasteiger partial charge is 0.423 e. The molecule has 1 aromatic carbocycles. The Hall–Kier alpha value is -2.15. The molecule has 0 unspecified atom stereocenters. The Kier molecular flexibility index (Phi) is 3.51. The Morgan fingerprint density at radius 2 is 2.35 bits per heavy atom. The van der Waals surface area contributed by atoms with Gasteiger partial charge in [0.05, 0.1) is 11.5 Å². The maximum Gasteiger partial charge on any atom is 0.298 e. The number of oxazole rings is 1. The number of ether oxygens (including phenoxy) is 1. The highest BCUT2D eigenvalue weighted by atomic mass is 16.6. The van der Waals surface area contributed by atoms with Crippen molar-refractivity contribution >= 4 is 22.8 Å². The molecule has 7 heteroatoms. The summed E-state index contributed by atoms with van der Waals surface area (Å²) in [6.45, 7) is 1.94. The Morgan fingerprint density at radius 1 is 1.50 bits per heavy atom.